The van der Waals surface area contributed by atoms with Gasteiger partial charge in [-0.3, -0.25) is 8.77 Å². The van der Waals surface area contributed by atoms with E-state index in [1.165, 1.54) is 0 Å². The average Bonchev–Trinajstić information content (AvgIpc) is 2.91. The van der Waals surface area contributed by atoms with Crippen molar-refractivity contribution in [1.82, 2.24) is 13.9 Å². The Morgan fingerprint density at radius 2 is 2.22 bits per heavy atom. The van der Waals surface area contributed by atoms with Crippen LogP contribution in [-0.2, 0) is 4.79 Å². The lowest BCUT2D eigenvalue weighted by molar-refractivity contribution is -0.140. The fraction of sp³-hybridized carbons (Fsp3) is 0.231. The number of hydrogen-bond donors (Lipinski definition) is 0. The Hall–Kier alpha value is -1.75. The molecule has 2 aliphatic heterocycles. The summed E-state index contributed by atoms with van der Waals surface area (Å²) in [6.07, 6.45) is 5.65. The number of aromatic nitrogens is 2. The molecule has 1 saturated heterocycles. The molecule has 2 aliphatic rings. The van der Waals surface area contributed by atoms with Gasteiger partial charge in [-0.05, 0) is 18.6 Å². The monoisotopic (exact) mass is 257 g/mol. The lowest BCUT2D eigenvalue weighted by atomic mass is 10.0. The van der Waals surface area contributed by atoms with E-state index in [9.17, 15) is 4.79 Å². The summed E-state index contributed by atoms with van der Waals surface area (Å²) >= 11 is 1.57. The summed E-state index contributed by atoms with van der Waals surface area (Å²) in [5.41, 5.74) is 2.06. The zero-order chi connectivity index (χ0) is 12.1. The highest BCUT2D eigenvalue weighted by molar-refractivity contribution is 8.01. The van der Waals surface area contributed by atoms with E-state index in [-0.39, 0.29) is 5.91 Å². The van der Waals surface area contributed by atoms with Crippen molar-refractivity contribution in [3.05, 3.63) is 41.7 Å². The Balaban J connectivity index is 1.67. The van der Waals surface area contributed by atoms with E-state index in [0.29, 0.717) is 12.5 Å². The Kier molecular flexibility index (Phi) is 2.05. The SMILES string of the molecule is O=C1C[C@H]2CC=C(Sn3cnc4ccccc43)N12. The van der Waals surface area contributed by atoms with Gasteiger partial charge in [-0.15, -0.1) is 0 Å². The van der Waals surface area contributed by atoms with Crippen LogP contribution in [0.15, 0.2) is 41.7 Å². The third-order valence-electron chi connectivity index (χ3n) is 3.46. The minimum atomic E-state index is 0.237. The molecule has 4 rings (SSSR count). The zero-order valence-corrected chi connectivity index (χ0v) is 10.4. The molecule has 2 aromatic rings. The topological polar surface area (TPSA) is 38.1 Å². The highest BCUT2D eigenvalue weighted by Crippen LogP contribution is 2.40. The number of imidazole rings is 1. The quantitative estimate of drug-likeness (QED) is 0.775. The molecule has 0 bridgehead atoms. The second-order valence-corrected chi connectivity index (χ2v) is 5.54. The Morgan fingerprint density at radius 1 is 1.33 bits per heavy atom. The fourth-order valence-electron chi connectivity index (χ4n) is 2.50. The molecular weight excluding hydrogens is 246 g/mol. The summed E-state index contributed by atoms with van der Waals surface area (Å²) in [5.74, 6) is 0.237. The smallest absolute Gasteiger partial charge is 0.229 e. The van der Waals surface area contributed by atoms with Crippen molar-refractivity contribution in [3.8, 4) is 0 Å². The first-order valence-electron chi connectivity index (χ1n) is 5.95. The van der Waals surface area contributed by atoms with Crippen molar-refractivity contribution in [2.24, 2.45) is 0 Å². The number of hydrogen-bond acceptors (Lipinski definition) is 3. The van der Waals surface area contributed by atoms with Crippen LogP contribution in [0, 0.1) is 0 Å². The highest BCUT2D eigenvalue weighted by atomic mass is 32.2. The second-order valence-electron chi connectivity index (χ2n) is 4.55. The van der Waals surface area contributed by atoms with Gasteiger partial charge in [0.2, 0.25) is 5.91 Å². The van der Waals surface area contributed by atoms with Gasteiger partial charge in [0.1, 0.15) is 6.33 Å². The number of fused-ring (bicyclic) bond motifs is 2. The summed E-state index contributed by atoms with van der Waals surface area (Å²) in [6.45, 7) is 0. The summed E-state index contributed by atoms with van der Waals surface area (Å²) < 4.78 is 2.02. The first-order chi connectivity index (χ1) is 8.83. The fourth-order valence-corrected chi connectivity index (χ4v) is 3.56. The number of rotatable bonds is 2. The minimum Gasteiger partial charge on any atom is -0.302 e. The van der Waals surface area contributed by atoms with E-state index in [1.54, 1.807) is 11.9 Å². The van der Waals surface area contributed by atoms with Crippen molar-refractivity contribution < 1.29 is 4.79 Å². The van der Waals surface area contributed by atoms with E-state index >= 15 is 0 Å². The minimum absolute atomic E-state index is 0.237. The lowest BCUT2D eigenvalue weighted by Gasteiger charge is -2.36. The van der Waals surface area contributed by atoms with Crippen LogP contribution < -0.4 is 0 Å². The predicted octanol–water partition coefficient (Wildman–Crippen LogP) is 2.38. The van der Waals surface area contributed by atoms with Gasteiger partial charge in [-0.1, -0.05) is 18.2 Å². The van der Waals surface area contributed by atoms with Crippen molar-refractivity contribution >= 4 is 28.9 Å². The summed E-state index contributed by atoms with van der Waals surface area (Å²) in [7, 11) is 0. The molecule has 1 fully saturated rings. The largest absolute Gasteiger partial charge is 0.302 e. The Morgan fingerprint density at radius 3 is 3.11 bits per heavy atom. The maximum Gasteiger partial charge on any atom is 0.229 e. The molecule has 1 aromatic heterocycles. The first kappa shape index (κ1) is 10.2. The number of carbonyl (C=O) groups is 1. The van der Waals surface area contributed by atoms with Crippen LogP contribution in [0.4, 0.5) is 0 Å². The first-order valence-corrected chi connectivity index (χ1v) is 6.73. The number of para-hydroxylation sites is 2. The van der Waals surface area contributed by atoms with Gasteiger partial charge in [0.05, 0.1) is 16.1 Å². The van der Waals surface area contributed by atoms with Crippen LogP contribution in [0.2, 0.25) is 0 Å². The Labute approximate surface area is 108 Å². The van der Waals surface area contributed by atoms with Crippen LogP contribution >= 0.6 is 11.9 Å². The number of β-lactam (4-membered cyclic amide) rings is 1. The summed E-state index contributed by atoms with van der Waals surface area (Å²) in [6, 6.07) is 8.43. The van der Waals surface area contributed by atoms with Gasteiger partial charge in [0.15, 0.2) is 0 Å². The third-order valence-corrected chi connectivity index (χ3v) is 4.50. The number of carbonyl (C=O) groups excluding carboxylic acids is 1. The lowest BCUT2D eigenvalue weighted by Crippen LogP contribution is -2.47. The van der Waals surface area contributed by atoms with Gasteiger partial charge in [0.25, 0.3) is 0 Å². The third kappa shape index (κ3) is 1.34. The van der Waals surface area contributed by atoms with Crippen LogP contribution in [-0.4, -0.2) is 25.8 Å². The Bertz CT molecular complexity index is 676. The van der Waals surface area contributed by atoms with Gasteiger partial charge in [0, 0.05) is 24.4 Å². The van der Waals surface area contributed by atoms with E-state index in [1.807, 2.05) is 39.5 Å². The van der Waals surface area contributed by atoms with E-state index < -0.39 is 0 Å². The molecule has 0 aliphatic carbocycles. The van der Waals surface area contributed by atoms with Crippen molar-refractivity contribution in [3.63, 3.8) is 0 Å². The highest BCUT2D eigenvalue weighted by Gasteiger charge is 2.41. The molecule has 0 N–H and O–H groups in total. The molecule has 0 saturated carbocycles. The summed E-state index contributed by atoms with van der Waals surface area (Å²) in [4.78, 5) is 17.8. The molecule has 5 heteroatoms. The standard InChI is InChI=1S/C13H11N3OS/c17-12-7-9-5-6-13(16(9)12)18-15-8-14-10-3-1-2-4-11(10)15/h1-4,6,8-9H,5,7H2/t9-/m1/s1. The van der Waals surface area contributed by atoms with Gasteiger partial charge in [-0.25, -0.2) is 4.98 Å². The number of benzene rings is 1. The molecule has 90 valence electrons. The van der Waals surface area contributed by atoms with Crippen molar-refractivity contribution in [1.29, 1.82) is 0 Å². The predicted molar refractivity (Wildman–Crippen MR) is 70.7 cm³/mol. The molecule has 4 nitrogen and oxygen atoms in total. The molecule has 1 amide bonds. The van der Waals surface area contributed by atoms with Crippen molar-refractivity contribution in [2.45, 2.75) is 18.9 Å². The molecule has 18 heavy (non-hydrogen) atoms. The molecule has 0 spiro atoms. The van der Waals surface area contributed by atoms with Gasteiger partial charge in [-0.2, -0.15) is 0 Å². The van der Waals surface area contributed by atoms with Crippen LogP contribution in [0.1, 0.15) is 12.8 Å². The van der Waals surface area contributed by atoms with E-state index in [2.05, 4.69) is 11.1 Å². The number of amides is 1. The molecule has 0 unspecified atom stereocenters. The summed E-state index contributed by atoms with van der Waals surface area (Å²) in [5, 5.41) is 1.04. The van der Waals surface area contributed by atoms with Gasteiger partial charge >= 0.3 is 0 Å². The van der Waals surface area contributed by atoms with Gasteiger partial charge < -0.3 is 4.90 Å². The zero-order valence-electron chi connectivity index (χ0n) is 9.61. The maximum absolute atomic E-state index is 11.6. The van der Waals surface area contributed by atoms with Crippen LogP contribution in [0.5, 0.6) is 0 Å². The second kappa shape index (κ2) is 3.62. The van der Waals surface area contributed by atoms with E-state index in [0.717, 1.165) is 22.5 Å². The van der Waals surface area contributed by atoms with E-state index in [4.69, 9.17) is 0 Å². The number of nitrogens with zero attached hydrogens (tertiary/aromatic N) is 3. The molecule has 1 atom stereocenters. The molecule has 3 heterocycles. The normalized spacial score (nSPS) is 22.0. The van der Waals surface area contributed by atoms with Crippen LogP contribution in [0.25, 0.3) is 11.0 Å². The van der Waals surface area contributed by atoms with Crippen molar-refractivity contribution in [2.75, 3.05) is 0 Å². The average molecular weight is 257 g/mol. The van der Waals surface area contributed by atoms with Crippen LogP contribution in [0.3, 0.4) is 0 Å². The maximum atomic E-state index is 11.6. The molecule has 0 radical (unpaired) electrons. The molecule has 1 aromatic carbocycles. The molecular formula is C13H11N3OS.